The first-order valence-corrected chi connectivity index (χ1v) is 11.8. The molecule has 2 aromatic carbocycles. The summed E-state index contributed by atoms with van der Waals surface area (Å²) in [5, 5.41) is 35.6. The molecule has 0 saturated heterocycles. The average Bonchev–Trinajstić information content (AvgIpc) is 2.79. The predicted molar refractivity (Wildman–Crippen MR) is 137 cm³/mol. The summed E-state index contributed by atoms with van der Waals surface area (Å²) in [7, 11) is 0. The smallest absolute Gasteiger partial charge is 0.335 e. The molecule has 0 aliphatic carbocycles. The standard InChI is InChI=1S/2C10H12O2.C8H18O2/c2*1-7(2)8-3-5-9(6-4-8)10(11)12;1-4-5-8(10)6(2)7(3)9/h2*3-7H,1-2H3,(H,11,12);6-10H,4-5H2,1-3H3. The van der Waals surface area contributed by atoms with Crippen LogP contribution in [-0.2, 0) is 0 Å². The normalized spacial score (nSPS) is 13.1. The lowest BCUT2D eigenvalue weighted by Crippen LogP contribution is -2.26. The van der Waals surface area contributed by atoms with Gasteiger partial charge in [-0.2, -0.15) is 0 Å². The maximum atomic E-state index is 10.5. The van der Waals surface area contributed by atoms with Gasteiger partial charge in [0.1, 0.15) is 0 Å². The van der Waals surface area contributed by atoms with Crippen LogP contribution < -0.4 is 0 Å². The van der Waals surface area contributed by atoms with Crippen LogP contribution in [0.5, 0.6) is 0 Å². The molecule has 0 saturated carbocycles. The van der Waals surface area contributed by atoms with Crippen molar-refractivity contribution in [3.05, 3.63) is 70.8 Å². The first-order chi connectivity index (χ1) is 15.8. The zero-order valence-corrected chi connectivity index (χ0v) is 21.5. The molecule has 6 nitrogen and oxygen atoms in total. The minimum absolute atomic E-state index is 0.0000463. The Balaban J connectivity index is 0.000000484. The molecule has 0 spiro atoms. The van der Waals surface area contributed by atoms with E-state index in [4.69, 9.17) is 15.3 Å². The second-order valence-electron chi connectivity index (χ2n) is 9.12. The molecule has 34 heavy (non-hydrogen) atoms. The van der Waals surface area contributed by atoms with Gasteiger partial charge in [-0.3, -0.25) is 0 Å². The molecule has 0 aliphatic rings. The summed E-state index contributed by atoms with van der Waals surface area (Å²) in [4.78, 5) is 21.0. The third-order valence-corrected chi connectivity index (χ3v) is 5.60. The number of aliphatic hydroxyl groups is 2. The van der Waals surface area contributed by atoms with Gasteiger partial charge in [-0.15, -0.1) is 0 Å². The van der Waals surface area contributed by atoms with Gasteiger partial charge in [-0.05, 0) is 60.6 Å². The van der Waals surface area contributed by atoms with Crippen LogP contribution in [0.15, 0.2) is 48.5 Å². The van der Waals surface area contributed by atoms with Crippen LogP contribution in [0.4, 0.5) is 0 Å². The number of carboxylic acid groups (broad SMARTS) is 2. The minimum atomic E-state index is -0.870. The molecular formula is C28H42O6. The van der Waals surface area contributed by atoms with Crippen molar-refractivity contribution in [2.75, 3.05) is 0 Å². The fraction of sp³-hybridized carbons (Fsp3) is 0.500. The highest BCUT2D eigenvalue weighted by atomic mass is 16.4. The van der Waals surface area contributed by atoms with Gasteiger partial charge in [0.05, 0.1) is 23.3 Å². The van der Waals surface area contributed by atoms with E-state index >= 15 is 0 Å². The third kappa shape index (κ3) is 12.0. The Morgan fingerprint density at radius 2 is 1.00 bits per heavy atom. The molecule has 6 heteroatoms. The quantitative estimate of drug-likeness (QED) is 0.363. The van der Waals surface area contributed by atoms with Gasteiger partial charge in [0.15, 0.2) is 0 Å². The van der Waals surface area contributed by atoms with Gasteiger partial charge in [0, 0.05) is 5.92 Å². The Hall–Kier alpha value is -2.70. The number of carbonyl (C=O) groups is 2. The van der Waals surface area contributed by atoms with Crippen LogP contribution in [0, 0.1) is 5.92 Å². The van der Waals surface area contributed by atoms with E-state index in [1.807, 2.05) is 38.1 Å². The fourth-order valence-corrected chi connectivity index (χ4v) is 2.90. The van der Waals surface area contributed by atoms with Gasteiger partial charge in [0.25, 0.3) is 0 Å². The van der Waals surface area contributed by atoms with Crippen molar-refractivity contribution in [1.29, 1.82) is 0 Å². The lowest BCUT2D eigenvalue weighted by molar-refractivity contribution is 0.0267. The van der Waals surface area contributed by atoms with Gasteiger partial charge < -0.3 is 20.4 Å². The van der Waals surface area contributed by atoms with Crippen LogP contribution in [0.25, 0.3) is 0 Å². The van der Waals surface area contributed by atoms with Crippen LogP contribution >= 0.6 is 0 Å². The maximum Gasteiger partial charge on any atom is 0.335 e. The molecule has 3 atom stereocenters. The molecule has 2 rings (SSSR count). The SMILES string of the molecule is CC(C)c1ccc(C(=O)O)cc1.CC(C)c1ccc(C(=O)O)cc1.CCCC(O)C(C)C(C)O. The Bertz CT molecular complexity index is 777. The van der Waals surface area contributed by atoms with Gasteiger partial charge in [-0.25, -0.2) is 9.59 Å². The largest absolute Gasteiger partial charge is 0.478 e. The number of aromatic carboxylic acids is 2. The molecule has 190 valence electrons. The van der Waals surface area contributed by atoms with E-state index in [0.717, 1.165) is 12.8 Å². The van der Waals surface area contributed by atoms with Crippen molar-refractivity contribution in [3.8, 4) is 0 Å². The zero-order valence-electron chi connectivity index (χ0n) is 21.5. The van der Waals surface area contributed by atoms with Crippen LogP contribution in [0.3, 0.4) is 0 Å². The molecule has 0 heterocycles. The molecule has 3 unspecified atom stereocenters. The Labute approximate surface area is 204 Å². The predicted octanol–water partition coefficient (Wildman–Crippen LogP) is 6.18. The summed E-state index contributed by atoms with van der Waals surface area (Å²) in [6.07, 6.45) is 1.01. The number of aliphatic hydroxyl groups excluding tert-OH is 2. The average molecular weight is 475 g/mol. The van der Waals surface area contributed by atoms with Gasteiger partial charge >= 0.3 is 11.9 Å². The minimum Gasteiger partial charge on any atom is -0.478 e. The van der Waals surface area contributed by atoms with E-state index in [1.54, 1.807) is 31.2 Å². The first kappa shape index (κ1) is 31.3. The number of hydrogen-bond acceptors (Lipinski definition) is 4. The summed E-state index contributed by atoms with van der Waals surface area (Å²) in [6.45, 7) is 13.9. The molecule has 2 aromatic rings. The molecule has 0 amide bonds. The summed E-state index contributed by atoms with van der Waals surface area (Å²) >= 11 is 0. The highest BCUT2D eigenvalue weighted by molar-refractivity contribution is 5.88. The van der Waals surface area contributed by atoms with Crippen molar-refractivity contribution in [2.24, 2.45) is 5.92 Å². The molecular weight excluding hydrogens is 432 g/mol. The number of benzene rings is 2. The first-order valence-electron chi connectivity index (χ1n) is 11.8. The van der Waals surface area contributed by atoms with E-state index in [2.05, 4.69) is 27.7 Å². The zero-order chi connectivity index (χ0) is 26.4. The Morgan fingerprint density at radius 3 is 1.21 bits per heavy atom. The van der Waals surface area contributed by atoms with E-state index < -0.39 is 18.0 Å². The molecule has 0 fully saturated rings. The molecule has 4 N–H and O–H groups in total. The van der Waals surface area contributed by atoms with Crippen LogP contribution in [0.1, 0.15) is 105 Å². The monoisotopic (exact) mass is 474 g/mol. The number of hydrogen-bond donors (Lipinski definition) is 4. The van der Waals surface area contributed by atoms with E-state index in [0.29, 0.717) is 23.0 Å². The summed E-state index contributed by atoms with van der Waals surface area (Å²) < 4.78 is 0. The van der Waals surface area contributed by atoms with Gasteiger partial charge in [0.2, 0.25) is 0 Å². The Kier molecular flexibility index (Phi) is 14.7. The van der Waals surface area contributed by atoms with Crippen LogP contribution in [-0.4, -0.2) is 44.6 Å². The molecule has 0 aromatic heterocycles. The van der Waals surface area contributed by atoms with E-state index in [9.17, 15) is 14.7 Å². The summed E-state index contributed by atoms with van der Waals surface area (Å²) in [5.41, 5.74) is 3.03. The number of rotatable bonds is 8. The molecule has 0 aliphatic heterocycles. The van der Waals surface area contributed by atoms with Crippen molar-refractivity contribution in [1.82, 2.24) is 0 Å². The lowest BCUT2D eigenvalue weighted by atomic mass is 9.96. The highest BCUT2D eigenvalue weighted by Crippen LogP contribution is 2.15. The third-order valence-electron chi connectivity index (χ3n) is 5.60. The van der Waals surface area contributed by atoms with Gasteiger partial charge in [-0.1, -0.05) is 72.2 Å². The van der Waals surface area contributed by atoms with Crippen LogP contribution in [0.2, 0.25) is 0 Å². The molecule has 0 bridgehead atoms. The maximum absolute atomic E-state index is 10.5. The lowest BCUT2D eigenvalue weighted by Gasteiger charge is -2.20. The topological polar surface area (TPSA) is 115 Å². The fourth-order valence-electron chi connectivity index (χ4n) is 2.90. The number of carboxylic acids is 2. The summed E-state index contributed by atoms with van der Waals surface area (Å²) in [5.74, 6) is -0.837. The van der Waals surface area contributed by atoms with E-state index in [-0.39, 0.29) is 12.0 Å². The highest BCUT2D eigenvalue weighted by Gasteiger charge is 2.17. The second-order valence-corrected chi connectivity index (χ2v) is 9.12. The van der Waals surface area contributed by atoms with Crippen molar-refractivity contribution in [2.45, 2.75) is 85.4 Å². The van der Waals surface area contributed by atoms with Crippen molar-refractivity contribution < 1.29 is 30.0 Å². The molecule has 0 radical (unpaired) electrons. The van der Waals surface area contributed by atoms with E-state index in [1.165, 1.54) is 11.1 Å². The Morgan fingerprint density at radius 1 is 0.676 bits per heavy atom. The van der Waals surface area contributed by atoms with Crippen molar-refractivity contribution in [3.63, 3.8) is 0 Å². The van der Waals surface area contributed by atoms with Crippen molar-refractivity contribution >= 4 is 11.9 Å². The summed E-state index contributed by atoms with van der Waals surface area (Å²) in [6, 6.07) is 14.0. The second kappa shape index (κ2) is 16.0.